The molecular weight excluding hydrogens is 368 g/mol. The summed E-state index contributed by atoms with van der Waals surface area (Å²) < 4.78 is 22.4. The van der Waals surface area contributed by atoms with E-state index in [1.807, 2.05) is 0 Å². The number of rotatable bonds is 6. The lowest BCUT2D eigenvalue weighted by atomic mass is 10.0. The van der Waals surface area contributed by atoms with Crippen LogP contribution >= 0.6 is 0 Å². The summed E-state index contributed by atoms with van der Waals surface area (Å²) in [5.74, 6) is 0.433. The zero-order valence-electron chi connectivity index (χ0n) is 15.5. The van der Waals surface area contributed by atoms with Crippen molar-refractivity contribution in [2.45, 2.75) is 12.2 Å². The second kappa shape index (κ2) is 8.28. The van der Waals surface area contributed by atoms with Crippen LogP contribution in [0.5, 0.6) is 34.5 Å². The van der Waals surface area contributed by atoms with Gasteiger partial charge >= 0.3 is 0 Å². The second-order valence-corrected chi connectivity index (χ2v) is 6.10. The number of benzene rings is 2. The molecule has 0 bridgehead atoms. The summed E-state index contributed by atoms with van der Waals surface area (Å²) in [7, 11) is 2.85. The monoisotopic (exact) mass is 390 g/mol. The molecule has 150 valence electrons. The fourth-order valence-electron chi connectivity index (χ4n) is 3.01. The molecule has 0 fully saturated rings. The molecule has 4 N–H and O–H groups in total. The molecular formula is C20H22O8. The number of methoxy groups -OCH3 is 2. The average molecular weight is 390 g/mol. The van der Waals surface area contributed by atoms with Gasteiger partial charge in [0.1, 0.15) is 0 Å². The van der Waals surface area contributed by atoms with Crippen LogP contribution in [-0.2, 0) is 0 Å². The molecule has 0 radical (unpaired) electrons. The van der Waals surface area contributed by atoms with E-state index < -0.39 is 12.2 Å². The van der Waals surface area contributed by atoms with Gasteiger partial charge in [-0.2, -0.15) is 0 Å². The molecule has 0 spiro atoms. The SMILES string of the molecule is COc1cc([C@@H]2Oc3cc(C=CCO)cc(OC)c3O[C@H]2CO)cc(O)c1O. The fourth-order valence-corrected chi connectivity index (χ4v) is 3.01. The van der Waals surface area contributed by atoms with Crippen molar-refractivity contribution in [3.8, 4) is 34.5 Å². The van der Waals surface area contributed by atoms with Gasteiger partial charge in [0, 0.05) is 5.56 Å². The highest BCUT2D eigenvalue weighted by Crippen LogP contribution is 2.48. The third-order valence-electron chi connectivity index (χ3n) is 4.35. The summed E-state index contributed by atoms with van der Waals surface area (Å²) in [6.45, 7) is -0.470. The van der Waals surface area contributed by atoms with Gasteiger partial charge < -0.3 is 39.4 Å². The van der Waals surface area contributed by atoms with Gasteiger partial charge in [-0.3, -0.25) is 0 Å². The molecule has 0 aromatic heterocycles. The summed E-state index contributed by atoms with van der Waals surface area (Å²) in [6.07, 6.45) is 1.71. The van der Waals surface area contributed by atoms with Gasteiger partial charge in [0.2, 0.25) is 11.5 Å². The maximum atomic E-state index is 9.98. The molecule has 1 heterocycles. The summed E-state index contributed by atoms with van der Waals surface area (Å²) >= 11 is 0. The number of fused-ring (bicyclic) bond motifs is 1. The van der Waals surface area contributed by atoms with Gasteiger partial charge in [-0.1, -0.05) is 12.2 Å². The number of aliphatic hydroxyl groups is 2. The van der Waals surface area contributed by atoms with Crippen molar-refractivity contribution in [3.05, 3.63) is 41.5 Å². The Morgan fingerprint density at radius 2 is 1.75 bits per heavy atom. The van der Waals surface area contributed by atoms with Crippen molar-refractivity contribution in [1.29, 1.82) is 0 Å². The molecule has 3 rings (SSSR count). The minimum atomic E-state index is -0.783. The van der Waals surface area contributed by atoms with E-state index in [1.165, 1.54) is 26.4 Å². The van der Waals surface area contributed by atoms with E-state index in [9.17, 15) is 15.3 Å². The molecule has 28 heavy (non-hydrogen) atoms. The van der Waals surface area contributed by atoms with Crippen LogP contribution in [0.2, 0.25) is 0 Å². The fraction of sp³-hybridized carbons (Fsp3) is 0.300. The zero-order valence-corrected chi connectivity index (χ0v) is 15.5. The molecule has 2 aromatic carbocycles. The minimum absolute atomic E-state index is 0.0679. The van der Waals surface area contributed by atoms with Gasteiger partial charge in [0.05, 0.1) is 27.4 Å². The maximum Gasteiger partial charge on any atom is 0.204 e. The van der Waals surface area contributed by atoms with Crippen LogP contribution in [0.25, 0.3) is 6.08 Å². The largest absolute Gasteiger partial charge is 0.504 e. The Balaban J connectivity index is 2.06. The molecule has 0 saturated carbocycles. The summed E-state index contributed by atoms with van der Waals surface area (Å²) in [5, 5.41) is 38.6. The Labute approximate surface area is 161 Å². The predicted octanol–water partition coefficient (Wildman–Crippen LogP) is 1.99. The van der Waals surface area contributed by atoms with Gasteiger partial charge in [0.15, 0.2) is 35.2 Å². The van der Waals surface area contributed by atoms with Crippen molar-refractivity contribution >= 4 is 6.08 Å². The molecule has 1 aliphatic heterocycles. The molecule has 2 aromatic rings. The van der Waals surface area contributed by atoms with Crippen LogP contribution in [0.15, 0.2) is 30.3 Å². The van der Waals surface area contributed by atoms with Crippen molar-refractivity contribution in [1.82, 2.24) is 0 Å². The van der Waals surface area contributed by atoms with Crippen molar-refractivity contribution < 1.29 is 39.4 Å². The molecule has 2 atom stereocenters. The number of hydrogen-bond acceptors (Lipinski definition) is 8. The topological polar surface area (TPSA) is 118 Å². The number of phenolic OH excluding ortho intramolecular Hbond substituents is 2. The Bertz CT molecular complexity index is 877. The molecule has 1 aliphatic rings. The standard InChI is InChI=1S/C20H22O8/c1-25-14-9-12(8-13(23)18(14)24)19-17(10-22)28-20-15(26-2)6-11(4-3-5-21)7-16(20)27-19/h3-4,6-9,17,19,21-24H,5,10H2,1-2H3/t17-,19-/m0/s1. The van der Waals surface area contributed by atoms with Crippen LogP contribution in [-0.4, -0.2) is 54.0 Å². The average Bonchev–Trinajstić information content (AvgIpc) is 2.72. The van der Waals surface area contributed by atoms with E-state index in [4.69, 9.17) is 24.1 Å². The molecule has 0 amide bonds. The quantitative estimate of drug-likeness (QED) is 0.553. The first kappa shape index (κ1) is 19.7. The first-order valence-electron chi connectivity index (χ1n) is 8.55. The van der Waals surface area contributed by atoms with Crippen LogP contribution < -0.4 is 18.9 Å². The lowest BCUT2D eigenvalue weighted by Gasteiger charge is -2.34. The van der Waals surface area contributed by atoms with E-state index in [1.54, 1.807) is 24.3 Å². The normalized spacial score (nSPS) is 18.3. The summed E-state index contributed by atoms with van der Waals surface area (Å²) in [6, 6.07) is 6.26. The van der Waals surface area contributed by atoms with Crippen LogP contribution in [0.4, 0.5) is 0 Å². The van der Waals surface area contributed by atoms with Gasteiger partial charge in [-0.05, 0) is 29.8 Å². The summed E-state index contributed by atoms with van der Waals surface area (Å²) in [4.78, 5) is 0. The molecule has 0 saturated heterocycles. The number of ether oxygens (including phenoxy) is 4. The molecule has 0 aliphatic carbocycles. The van der Waals surface area contributed by atoms with E-state index in [-0.39, 0.29) is 30.5 Å². The van der Waals surface area contributed by atoms with Crippen molar-refractivity contribution in [2.24, 2.45) is 0 Å². The maximum absolute atomic E-state index is 9.98. The highest BCUT2D eigenvalue weighted by molar-refractivity contribution is 5.63. The van der Waals surface area contributed by atoms with E-state index in [2.05, 4.69) is 0 Å². The smallest absolute Gasteiger partial charge is 0.204 e. The number of hydrogen-bond donors (Lipinski definition) is 4. The highest BCUT2D eigenvalue weighted by atomic mass is 16.6. The van der Waals surface area contributed by atoms with E-state index in [0.29, 0.717) is 22.8 Å². The second-order valence-electron chi connectivity index (χ2n) is 6.10. The minimum Gasteiger partial charge on any atom is -0.504 e. The zero-order chi connectivity index (χ0) is 20.3. The summed E-state index contributed by atoms with van der Waals surface area (Å²) in [5.41, 5.74) is 1.17. The van der Waals surface area contributed by atoms with Gasteiger partial charge in [-0.15, -0.1) is 0 Å². The first-order chi connectivity index (χ1) is 13.5. The van der Waals surface area contributed by atoms with Crippen molar-refractivity contribution in [2.75, 3.05) is 27.4 Å². The lowest BCUT2D eigenvalue weighted by molar-refractivity contribution is -0.0142. The molecule has 8 nitrogen and oxygen atoms in total. The number of aliphatic hydroxyl groups excluding tert-OH is 2. The van der Waals surface area contributed by atoms with Crippen molar-refractivity contribution in [3.63, 3.8) is 0 Å². The van der Waals surface area contributed by atoms with Crippen LogP contribution in [0.1, 0.15) is 17.2 Å². The van der Waals surface area contributed by atoms with E-state index >= 15 is 0 Å². The third-order valence-corrected chi connectivity index (χ3v) is 4.35. The number of phenols is 2. The highest BCUT2D eigenvalue weighted by Gasteiger charge is 2.35. The van der Waals surface area contributed by atoms with Crippen LogP contribution in [0.3, 0.4) is 0 Å². The Morgan fingerprint density at radius 1 is 1.00 bits per heavy atom. The molecule has 0 unspecified atom stereocenters. The molecule has 8 heteroatoms. The Morgan fingerprint density at radius 3 is 2.39 bits per heavy atom. The predicted molar refractivity (Wildman–Crippen MR) is 100 cm³/mol. The van der Waals surface area contributed by atoms with Crippen LogP contribution in [0, 0.1) is 0 Å². The Kier molecular flexibility index (Phi) is 5.81. The van der Waals surface area contributed by atoms with Gasteiger partial charge in [-0.25, -0.2) is 0 Å². The van der Waals surface area contributed by atoms with E-state index in [0.717, 1.165) is 5.56 Å². The number of aromatic hydroxyl groups is 2. The van der Waals surface area contributed by atoms with Gasteiger partial charge in [0.25, 0.3) is 0 Å². The third kappa shape index (κ3) is 3.64. The lowest BCUT2D eigenvalue weighted by Crippen LogP contribution is -2.36. The Hall–Kier alpha value is -3.10. The first-order valence-corrected chi connectivity index (χ1v) is 8.55.